The maximum atomic E-state index is 11.3. The molecule has 2 N–H and O–H groups in total. The Bertz CT molecular complexity index is 292. The van der Waals surface area contributed by atoms with Gasteiger partial charge in [-0.05, 0) is 5.75 Å². The molecule has 1 saturated heterocycles. The first kappa shape index (κ1) is 13.0. The number of imide groups is 1. The van der Waals surface area contributed by atoms with Gasteiger partial charge in [0.2, 0.25) is 11.8 Å². The quantitative estimate of drug-likeness (QED) is 0.634. The molecule has 1 aliphatic heterocycles. The zero-order chi connectivity index (χ0) is 12.1. The SMILES string of the molecule is CCSC[C@H](NN1C(=O)CCC1=O)C(=O)O. The van der Waals surface area contributed by atoms with E-state index in [0.29, 0.717) is 5.75 Å². The lowest BCUT2D eigenvalue weighted by molar-refractivity contribution is -0.147. The predicted octanol–water partition coefficient (Wildman–Crippen LogP) is -0.154. The van der Waals surface area contributed by atoms with Crippen LogP contribution in [-0.4, -0.2) is 45.4 Å². The molecule has 0 aliphatic carbocycles. The Balaban J connectivity index is 2.56. The molecule has 0 spiro atoms. The second-order valence-electron chi connectivity index (χ2n) is 3.30. The van der Waals surface area contributed by atoms with E-state index in [1.165, 1.54) is 11.8 Å². The van der Waals surface area contributed by atoms with Gasteiger partial charge in [-0.3, -0.25) is 14.4 Å². The van der Waals surface area contributed by atoms with E-state index in [0.717, 1.165) is 10.8 Å². The van der Waals surface area contributed by atoms with Crippen LogP contribution in [0.4, 0.5) is 0 Å². The van der Waals surface area contributed by atoms with Crippen molar-refractivity contribution in [1.82, 2.24) is 10.4 Å². The van der Waals surface area contributed by atoms with E-state index < -0.39 is 12.0 Å². The van der Waals surface area contributed by atoms with E-state index in [1.54, 1.807) is 0 Å². The molecule has 0 unspecified atom stereocenters. The minimum atomic E-state index is -1.06. The Hall–Kier alpha value is -1.08. The number of thioether (sulfide) groups is 1. The number of carboxylic acids is 1. The van der Waals surface area contributed by atoms with Gasteiger partial charge in [0.15, 0.2) is 0 Å². The number of carboxylic acid groups (broad SMARTS) is 1. The summed E-state index contributed by atoms with van der Waals surface area (Å²) in [6.45, 7) is 1.91. The van der Waals surface area contributed by atoms with Gasteiger partial charge in [0.1, 0.15) is 6.04 Å². The molecular weight excluding hydrogens is 232 g/mol. The standard InChI is InChI=1S/C9H14N2O4S/c1-2-16-5-6(9(14)15)10-11-7(12)3-4-8(11)13/h6,10H,2-5H2,1H3,(H,14,15)/t6-/m0/s1. The number of hydrogen-bond donors (Lipinski definition) is 2. The molecule has 1 aliphatic rings. The fourth-order valence-corrected chi connectivity index (χ4v) is 1.96. The van der Waals surface area contributed by atoms with E-state index in [4.69, 9.17) is 5.11 Å². The molecule has 0 saturated carbocycles. The van der Waals surface area contributed by atoms with Crippen LogP contribution >= 0.6 is 11.8 Å². The van der Waals surface area contributed by atoms with Gasteiger partial charge in [0, 0.05) is 18.6 Å². The van der Waals surface area contributed by atoms with Gasteiger partial charge in [-0.15, -0.1) is 0 Å². The third kappa shape index (κ3) is 3.21. The number of amides is 2. The molecule has 1 fully saturated rings. The second-order valence-corrected chi connectivity index (χ2v) is 4.62. The van der Waals surface area contributed by atoms with Crippen molar-refractivity contribution in [2.24, 2.45) is 0 Å². The van der Waals surface area contributed by atoms with E-state index >= 15 is 0 Å². The Morgan fingerprint density at radius 2 is 2.06 bits per heavy atom. The first-order valence-corrected chi connectivity index (χ1v) is 6.14. The number of nitrogens with zero attached hydrogens (tertiary/aromatic N) is 1. The monoisotopic (exact) mass is 246 g/mol. The molecule has 1 atom stereocenters. The number of hydrogen-bond acceptors (Lipinski definition) is 5. The van der Waals surface area contributed by atoms with Gasteiger partial charge in [-0.2, -0.15) is 11.8 Å². The molecule has 7 heteroatoms. The van der Waals surface area contributed by atoms with Crippen molar-refractivity contribution >= 4 is 29.5 Å². The summed E-state index contributed by atoms with van der Waals surface area (Å²) in [5.74, 6) is -0.681. The van der Waals surface area contributed by atoms with Crippen LogP contribution in [0.2, 0.25) is 0 Å². The summed E-state index contributed by atoms with van der Waals surface area (Å²) in [5, 5.41) is 9.74. The predicted molar refractivity (Wildman–Crippen MR) is 58.6 cm³/mol. The third-order valence-electron chi connectivity index (χ3n) is 2.12. The number of hydrazine groups is 1. The van der Waals surface area contributed by atoms with Gasteiger partial charge in [-0.1, -0.05) is 6.92 Å². The van der Waals surface area contributed by atoms with Gasteiger partial charge in [-0.25, -0.2) is 10.4 Å². The highest BCUT2D eigenvalue weighted by Crippen LogP contribution is 2.11. The lowest BCUT2D eigenvalue weighted by atomic mass is 10.4. The average Bonchev–Trinajstić information content (AvgIpc) is 2.54. The lowest BCUT2D eigenvalue weighted by Gasteiger charge is -2.20. The van der Waals surface area contributed by atoms with Crippen molar-refractivity contribution < 1.29 is 19.5 Å². The van der Waals surface area contributed by atoms with Crippen molar-refractivity contribution in [1.29, 1.82) is 0 Å². The van der Waals surface area contributed by atoms with Crippen LogP contribution in [0.25, 0.3) is 0 Å². The molecule has 0 bridgehead atoms. The van der Waals surface area contributed by atoms with Crippen LogP contribution in [0, 0.1) is 0 Å². The molecular formula is C9H14N2O4S. The Morgan fingerprint density at radius 1 is 1.50 bits per heavy atom. The summed E-state index contributed by atoms with van der Waals surface area (Å²) in [4.78, 5) is 33.4. The first-order valence-electron chi connectivity index (χ1n) is 4.98. The minimum absolute atomic E-state index is 0.152. The second kappa shape index (κ2) is 5.86. The molecule has 0 aromatic rings. The van der Waals surface area contributed by atoms with Crippen molar-refractivity contribution in [3.05, 3.63) is 0 Å². The largest absolute Gasteiger partial charge is 0.480 e. The molecule has 2 amide bonds. The van der Waals surface area contributed by atoms with E-state index in [1.807, 2.05) is 6.92 Å². The van der Waals surface area contributed by atoms with Crippen LogP contribution in [0.1, 0.15) is 19.8 Å². The van der Waals surface area contributed by atoms with Crippen LogP contribution in [0.5, 0.6) is 0 Å². The van der Waals surface area contributed by atoms with Crippen LogP contribution in [0.3, 0.4) is 0 Å². The molecule has 0 aromatic heterocycles. The van der Waals surface area contributed by atoms with Gasteiger partial charge < -0.3 is 5.11 Å². The van der Waals surface area contributed by atoms with E-state index in [2.05, 4.69) is 5.43 Å². The maximum absolute atomic E-state index is 11.3. The number of aliphatic carboxylic acids is 1. The summed E-state index contributed by atoms with van der Waals surface area (Å²) < 4.78 is 0. The zero-order valence-corrected chi connectivity index (χ0v) is 9.75. The summed E-state index contributed by atoms with van der Waals surface area (Å²) >= 11 is 1.44. The summed E-state index contributed by atoms with van der Waals surface area (Å²) in [5.41, 5.74) is 2.46. The molecule has 1 rings (SSSR count). The fraction of sp³-hybridized carbons (Fsp3) is 0.667. The van der Waals surface area contributed by atoms with Gasteiger partial charge >= 0.3 is 5.97 Å². The zero-order valence-electron chi connectivity index (χ0n) is 8.93. The highest BCUT2D eigenvalue weighted by molar-refractivity contribution is 7.99. The maximum Gasteiger partial charge on any atom is 0.323 e. The lowest BCUT2D eigenvalue weighted by Crippen LogP contribution is -2.52. The minimum Gasteiger partial charge on any atom is -0.480 e. The molecule has 16 heavy (non-hydrogen) atoms. The van der Waals surface area contributed by atoms with Crippen molar-refractivity contribution in [3.63, 3.8) is 0 Å². The summed E-state index contributed by atoms with van der Waals surface area (Å²) in [7, 11) is 0. The molecule has 0 aromatic carbocycles. The Kier molecular flexibility index (Phi) is 4.75. The van der Waals surface area contributed by atoms with Crippen LogP contribution < -0.4 is 5.43 Å². The van der Waals surface area contributed by atoms with Crippen LogP contribution in [-0.2, 0) is 14.4 Å². The van der Waals surface area contributed by atoms with Gasteiger partial charge in [0.05, 0.1) is 0 Å². The number of carbonyl (C=O) groups excluding carboxylic acids is 2. The molecule has 0 radical (unpaired) electrons. The fourth-order valence-electron chi connectivity index (χ4n) is 1.28. The normalized spacial score (nSPS) is 17.9. The van der Waals surface area contributed by atoms with E-state index in [9.17, 15) is 14.4 Å². The Morgan fingerprint density at radius 3 is 2.50 bits per heavy atom. The number of rotatable bonds is 6. The van der Waals surface area contributed by atoms with Crippen molar-refractivity contribution in [2.45, 2.75) is 25.8 Å². The smallest absolute Gasteiger partial charge is 0.323 e. The first-order chi connectivity index (χ1) is 7.56. The third-order valence-corrected chi connectivity index (χ3v) is 3.10. The van der Waals surface area contributed by atoms with Gasteiger partial charge in [0.25, 0.3) is 0 Å². The van der Waals surface area contributed by atoms with E-state index in [-0.39, 0.29) is 24.7 Å². The number of nitrogens with one attached hydrogen (secondary N) is 1. The average molecular weight is 246 g/mol. The topological polar surface area (TPSA) is 86.7 Å². The Labute approximate surface area is 97.3 Å². The molecule has 6 nitrogen and oxygen atoms in total. The highest BCUT2D eigenvalue weighted by atomic mass is 32.2. The summed E-state index contributed by atoms with van der Waals surface area (Å²) in [6.07, 6.45) is 0.304. The summed E-state index contributed by atoms with van der Waals surface area (Å²) in [6, 6.07) is -0.907. The van der Waals surface area contributed by atoms with Crippen LogP contribution in [0.15, 0.2) is 0 Å². The van der Waals surface area contributed by atoms with Crippen molar-refractivity contribution in [3.8, 4) is 0 Å². The number of carbonyl (C=O) groups is 3. The highest BCUT2D eigenvalue weighted by Gasteiger charge is 2.32. The molecule has 1 heterocycles. The van der Waals surface area contributed by atoms with Crippen molar-refractivity contribution in [2.75, 3.05) is 11.5 Å². The molecule has 90 valence electrons.